The Morgan fingerprint density at radius 1 is 1.10 bits per heavy atom. The van der Waals surface area contributed by atoms with Crippen LogP contribution in [0.2, 0.25) is 0 Å². The number of likely N-dealkylation sites (N-methyl/N-ethyl adjacent to an activating group) is 1. The largest absolute Gasteiger partial charge is 0.508 e. The van der Waals surface area contributed by atoms with Crippen LogP contribution in [0.25, 0.3) is 0 Å². The molecule has 1 N–H and O–H groups in total. The summed E-state index contributed by atoms with van der Waals surface area (Å²) in [5.74, 6) is 0.232. The summed E-state index contributed by atoms with van der Waals surface area (Å²) in [5, 5.41) is 9.22. The minimum Gasteiger partial charge on any atom is -0.508 e. The SMILES string of the molecule is Cc1ccccc1CN(C)CC(=O)c1ccc(O)cc1. The van der Waals surface area contributed by atoms with Gasteiger partial charge in [0.15, 0.2) is 5.78 Å². The number of carbonyl (C=O) groups is 1. The van der Waals surface area contributed by atoms with E-state index in [1.807, 2.05) is 24.1 Å². The summed E-state index contributed by atoms with van der Waals surface area (Å²) in [6, 6.07) is 14.6. The van der Waals surface area contributed by atoms with Crippen LogP contribution in [-0.2, 0) is 6.54 Å². The molecule has 0 aliphatic carbocycles. The molecule has 20 heavy (non-hydrogen) atoms. The lowest BCUT2D eigenvalue weighted by atomic mass is 10.1. The van der Waals surface area contributed by atoms with Gasteiger partial charge in [-0.1, -0.05) is 24.3 Å². The lowest BCUT2D eigenvalue weighted by molar-refractivity contribution is 0.0943. The summed E-state index contributed by atoms with van der Waals surface area (Å²) < 4.78 is 0. The van der Waals surface area contributed by atoms with E-state index in [-0.39, 0.29) is 11.5 Å². The second kappa shape index (κ2) is 6.35. The normalized spacial score (nSPS) is 10.8. The predicted molar refractivity (Wildman–Crippen MR) is 80.0 cm³/mol. The lowest BCUT2D eigenvalue weighted by Gasteiger charge is -2.17. The molecule has 0 spiro atoms. The first kappa shape index (κ1) is 14.3. The second-order valence-electron chi connectivity index (χ2n) is 5.07. The van der Waals surface area contributed by atoms with Crippen LogP contribution in [0.5, 0.6) is 5.75 Å². The molecule has 0 saturated heterocycles. The molecule has 2 rings (SSSR count). The van der Waals surface area contributed by atoms with Crippen LogP contribution in [0.4, 0.5) is 0 Å². The molecule has 0 bridgehead atoms. The Morgan fingerprint density at radius 2 is 1.75 bits per heavy atom. The molecule has 0 atom stereocenters. The lowest BCUT2D eigenvalue weighted by Crippen LogP contribution is -2.25. The topological polar surface area (TPSA) is 40.5 Å². The second-order valence-corrected chi connectivity index (χ2v) is 5.07. The quantitative estimate of drug-likeness (QED) is 0.848. The third-order valence-corrected chi connectivity index (χ3v) is 3.30. The summed E-state index contributed by atoms with van der Waals surface area (Å²) in [4.78, 5) is 14.1. The van der Waals surface area contributed by atoms with E-state index in [0.717, 1.165) is 6.54 Å². The molecule has 0 aromatic heterocycles. The summed E-state index contributed by atoms with van der Waals surface area (Å²) in [6.07, 6.45) is 0. The number of carbonyl (C=O) groups excluding carboxylic acids is 1. The number of phenols is 1. The number of benzene rings is 2. The third kappa shape index (κ3) is 3.68. The minimum atomic E-state index is 0.0566. The maximum absolute atomic E-state index is 12.1. The molecule has 0 radical (unpaired) electrons. The fraction of sp³-hybridized carbons (Fsp3) is 0.235. The molecule has 0 aliphatic rings. The molecule has 0 unspecified atom stereocenters. The molecular formula is C17H19NO2. The van der Waals surface area contributed by atoms with Crippen molar-refractivity contribution in [1.29, 1.82) is 0 Å². The number of aryl methyl sites for hydroxylation is 1. The van der Waals surface area contributed by atoms with Gasteiger partial charge in [-0.15, -0.1) is 0 Å². The van der Waals surface area contributed by atoms with Crippen LogP contribution in [0.1, 0.15) is 21.5 Å². The van der Waals surface area contributed by atoms with Crippen LogP contribution in [0, 0.1) is 6.92 Å². The van der Waals surface area contributed by atoms with E-state index in [2.05, 4.69) is 19.1 Å². The van der Waals surface area contributed by atoms with E-state index in [1.54, 1.807) is 12.1 Å². The Morgan fingerprint density at radius 3 is 2.40 bits per heavy atom. The minimum absolute atomic E-state index is 0.0566. The summed E-state index contributed by atoms with van der Waals surface area (Å²) in [6.45, 7) is 3.18. The summed E-state index contributed by atoms with van der Waals surface area (Å²) >= 11 is 0. The van der Waals surface area contributed by atoms with Crippen LogP contribution in [-0.4, -0.2) is 29.4 Å². The molecule has 2 aromatic carbocycles. The number of Topliss-reactive ketones (excluding diaryl/α,β-unsaturated/α-hetero) is 1. The first-order chi connectivity index (χ1) is 9.56. The van der Waals surface area contributed by atoms with E-state index in [4.69, 9.17) is 0 Å². The van der Waals surface area contributed by atoms with Gasteiger partial charge >= 0.3 is 0 Å². The molecule has 3 heteroatoms. The van der Waals surface area contributed by atoms with E-state index in [0.29, 0.717) is 12.1 Å². The van der Waals surface area contributed by atoms with Crippen molar-refractivity contribution in [1.82, 2.24) is 4.90 Å². The van der Waals surface area contributed by atoms with E-state index >= 15 is 0 Å². The van der Waals surface area contributed by atoms with Crippen LogP contribution >= 0.6 is 0 Å². The van der Waals surface area contributed by atoms with Gasteiger partial charge in [0.2, 0.25) is 0 Å². The first-order valence-corrected chi connectivity index (χ1v) is 6.61. The highest BCUT2D eigenvalue weighted by molar-refractivity contribution is 5.97. The monoisotopic (exact) mass is 269 g/mol. The third-order valence-electron chi connectivity index (χ3n) is 3.30. The summed E-state index contributed by atoms with van der Waals surface area (Å²) in [5.41, 5.74) is 3.09. The number of ketones is 1. The standard InChI is InChI=1S/C17H19NO2/c1-13-5-3-4-6-15(13)11-18(2)12-17(20)14-7-9-16(19)10-8-14/h3-10,19H,11-12H2,1-2H3. The Bertz CT molecular complexity index is 590. The van der Waals surface area contributed by atoms with Crippen LogP contribution in [0.15, 0.2) is 48.5 Å². The smallest absolute Gasteiger partial charge is 0.176 e. The van der Waals surface area contributed by atoms with Crippen molar-refractivity contribution in [3.63, 3.8) is 0 Å². The van der Waals surface area contributed by atoms with Crippen molar-refractivity contribution < 1.29 is 9.90 Å². The van der Waals surface area contributed by atoms with Crippen molar-refractivity contribution in [2.75, 3.05) is 13.6 Å². The van der Waals surface area contributed by atoms with Crippen molar-refractivity contribution >= 4 is 5.78 Å². The predicted octanol–water partition coefficient (Wildman–Crippen LogP) is 3.02. The molecule has 0 heterocycles. The molecule has 0 saturated carbocycles. The number of rotatable bonds is 5. The Hall–Kier alpha value is -2.13. The van der Waals surface area contributed by atoms with Crippen LogP contribution in [0.3, 0.4) is 0 Å². The summed E-state index contributed by atoms with van der Waals surface area (Å²) in [7, 11) is 1.94. The Labute approximate surface area is 119 Å². The number of hydrogen-bond donors (Lipinski definition) is 1. The van der Waals surface area contributed by atoms with Gasteiger partial charge in [-0.25, -0.2) is 0 Å². The average Bonchev–Trinajstić information content (AvgIpc) is 2.42. The fourth-order valence-electron chi connectivity index (χ4n) is 2.12. The zero-order chi connectivity index (χ0) is 14.5. The maximum atomic E-state index is 12.1. The van der Waals surface area contributed by atoms with Gasteiger partial charge in [0, 0.05) is 12.1 Å². The molecule has 0 fully saturated rings. The average molecular weight is 269 g/mol. The van der Waals surface area contributed by atoms with E-state index in [9.17, 15) is 9.90 Å². The maximum Gasteiger partial charge on any atom is 0.176 e. The molecule has 2 aromatic rings. The molecule has 0 amide bonds. The first-order valence-electron chi connectivity index (χ1n) is 6.61. The van der Waals surface area contributed by atoms with E-state index < -0.39 is 0 Å². The Balaban J connectivity index is 1.98. The Kier molecular flexibility index (Phi) is 4.53. The highest BCUT2D eigenvalue weighted by Gasteiger charge is 2.10. The number of nitrogens with zero attached hydrogens (tertiary/aromatic N) is 1. The van der Waals surface area contributed by atoms with E-state index in [1.165, 1.54) is 23.3 Å². The van der Waals surface area contributed by atoms with Gasteiger partial charge in [0.25, 0.3) is 0 Å². The van der Waals surface area contributed by atoms with Gasteiger partial charge in [-0.05, 0) is 49.4 Å². The zero-order valence-electron chi connectivity index (χ0n) is 11.8. The molecule has 3 nitrogen and oxygen atoms in total. The zero-order valence-corrected chi connectivity index (χ0v) is 11.8. The van der Waals surface area contributed by atoms with Gasteiger partial charge in [-0.3, -0.25) is 9.69 Å². The number of hydrogen-bond acceptors (Lipinski definition) is 3. The number of aromatic hydroxyl groups is 1. The fourth-order valence-corrected chi connectivity index (χ4v) is 2.12. The van der Waals surface area contributed by atoms with Crippen molar-refractivity contribution in [3.05, 3.63) is 65.2 Å². The molecule has 104 valence electrons. The number of phenolic OH excluding ortho intramolecular Hbond substituents is 1. The van der Waals surface area contributed by atoms with Gasteiger partial charge in [0.1, 0.15) is 5.75 Å². The van der Waals surface area contributed by atoms with Crippen molar-refractivity contribution in [3.8, 4) is 5.75 Å². The van der Waals surface area contributed by atoms with Gasteiger partial charge in [0.05, 0.1) is 6.54 Å². The van der Waals surface area contributed by atoms with Crippen molar-refractivity contribution in [2.45, 2.75) is 13.5 Å². The van der Waals surface area contributed by atoms with Gasteiger partial charge < -0.3 is 5.11 Å². The molecule has 0 aliphatic heterocycles. The highest BCUT2D eigenvalue weighted by Crippen LogP contribution is 2.12. The van der Waals surface area contributed by atoms with Gasteiger partial charge in [-0.2, -0.15) is 0 Å². The van der Waals surface area contributed by atoms with Crippen molar-refractivity contribution in [2.24, 2.45) is 0 Å². The highest BCUT2D eigenvalue weighted by atomic mass is 16.3. The molecular weight excluding hydrogens is 250 g/mol. The van der Waals surface area contributed by atoms with Crippen LogP contribution < -0.4 is 0 Å².